The second-order valence-electron chi connectivity index (χ2n) is 6.37. The van der Waals surface area contributed by atoms with E-state index >= 15 is 0 Å². The van der Waals surface area contributed by atoms with Crippen LogP contribution in [0.4, 0.5) is 0 Å². The standard InChI is InChI=1S/C21H22N2O/c1-17-6-5-7-18(14-17)15-23-12-13-24-21(23)19-10-11-22(16-19)20-8-3-2-4-9-20/h2-11,14,16,21H,12-13,15H2,1H3. The second kappa shape index (κ2) is 6.63. The van der Waals surface area contributed by atoms with Gasteiger partial charge in [0, 0.05) is 36.7 Å². The zero-order chi connectivity index (χ0) is 16.4. The van der Waals surface area contributed by atoms with E-state index in [0.717, 1.165) is 19.7 Å². The van der Waals surface area contributed by atoms with Crippen LogP contribution in [-0.4, -0.2) is 22.6 Å². The van der Waals surface area contributed by atoms with Crippen molar-refractivity contribution in [3.63, 3.8) is 0 Å². The number of hydrogen-bond donors (Lipinski definition) is 0. The first-order valence-electron chi connectivity index (χ1n) is 8.44. The van der Waals surface area contributed by atoms with Crippen LogP contribution in [0.1, 0.15) is 22.9 Å². The summed E-state index contributed by atoms with van der Waals surface area (Å²) in [6, 6.07) is 21.3. The van der Waals surface area contributed by atoms with E-state index in [1.807, 2.05) is 6.07 Å². The third kappa shape index (κ3) is 3.14. The fourth-order valence-electron chi connectivity index (χ4n) is 3.34. The topological polar surface area (TPSA) is 17.4 Å². The first kappa shape index (κ1) is 15.2. The zero-order valence-electron chi connectivity index (χ0n) is 13.9. The molecule has 1 atom stereocenters. The van der Waals surface area contributed by atoms with E-state index in [1.165, 1.54) is 22.4 Å². The maximum absolute atomic E-state index is 6.02. The van der Waals surface area contributed by atoms with Gasteiger partial charge in [0.2, 0.25) is 0 Å². The van der Waals surface area contributed by atoms with E-state index in [-0.39, 0.29) is 6.23 Å². The summed E-state index contributed by atoms with van der Waals surface area (Å²) in [6.07, 6.45) is 4.32. The van der Waals surface area contributed by atoms with Crippen LogP contribution in [0.5, 0.6) is 0 Å². The molecule has 2 heterocycles. The minimum Gasteiger partial charge on any atom is -0.357 e. The predicted molar refractivity (Wildman–Crippen MR) is 96.1 cm³/mol. The van der Waals surface area contributed by atoms with Crippen LogP contribution in [0.3, 0.4) is 0 Å². The van der Waals surface area contributed by atoms with Gasteiger partial charge in [-0.05, 0) is 30.7 Å². The summed E-state index contributed by atoms with van der Waals surface area (Å²) in [4.78, 5) is 2.40. The summed E-state index contributed by atoms with van der Waals surface area (Å²) < 4.78 is 8.17. The van der Waals surface area contributed by atoms with Gasteiger partial charge < -0.3 is 9.30 Å². The molecule has 1 aromatic heterocycles. The maximum Gasteiger partial charge on any atom is 0.138 e. The Bertz CT molecular complexity index is 809. The molecule has 4 rings (SSSR count). The molecule has 2 aromatic carbocycles. The molecule has 3 aromatic rings. The molecule has 0 radical (unpaired) electrons. The van der Waals surface area contributed by atoms with Crippen LogP contribution in [-0.2, 0) is 11.3 Å². The van der Waals surface area contributed by atoms with Gasteiger partial charge in [0.05, 0.1) is 6.61 Å². The fraction of sp³-hybridized carbons (Fsp3) is 0.238. The van der Waals surface area contributed by atoms with Gasteiger partial charge in [-0.2, -0.15) is 0 Å². The molecule has 122 valence electrons. The van der Waals surface area contributed by atoms with E-state index < -0.39 is 0 Å². The molecular weight excluding hydrogens is 296 g/mol. The number of aryl methyl sites for hydroxylation is 1. The van der Waals surface area contributed by atoms with Crippen molar-refractivity contribution in [3.05, 3.63) is 89.7 Å². The summed E-state index contributed by atoms with van der Waals surface area (Å²) >= 11 is 0. The average molecular weight is 318 g/mol. The first-order valence-corrected chi connectivity index (χ1v) is 8.44. The van der Waals surface area contributed by atoms with Crippen molar-refractivity contribution in [1.82, 2.24) is 9.47 Å². The highest BCUT2D eigenvalue weighted by molar-refractivity contribution is 5.34. The van der Waals surface area contributed by atoms with E-state index in [0.29, 0.717) is 0 Å². The minimum atomic E-state index is 0.0375. The third-order valence-electron chi connectivity index (χ3n) is 4.51. The van der Waals surface area contributed by atoms with E-state index in [2.05, 4.69) is 83.4 Å². The highest BCUT2D eigenvalue weighted by Crippen LogP contribution is 2.29. The highest BCUT2D eigenvalue weighted by atomic mass is 16.5. The summed E-state index contributed by atoms with van der Waals surface area (Å²) in [5, 5.41) is 0. The number of ether oxygens (including phenoxy) is 1. The van der Waals surface area contributed by atoms with Gasteiger partial charge in [-0.25, -0.2) is 0 Å². The number of aromatic nitrogens is 1. The molecule has 0 aliphatic carbocycles. The molecule has 3 heteroatoms. The van der Waals surface area contributed by atoms with Gasteiger partial charge in [0.25, 0.3) is 0 Å². The second-order valence-corrected chi connectivity index (χ2v) is 6.37. The van der Waals surface area contributed by atoms with Gasteiger partial charge in [0.1, 0.15) is 6.23 Å². The SMILES string of the molecule is Cc1cccc(CN2CCOC2c2ccn(-c3ccccc3)c2)c1. The van der Waals surface area contributed by atoms with Crippen molar-refractivity contribution < 1.29 is 4.74 Å². The largest absolute Gasteiger partial charge is 0.357 e. The molecule has 0 spiro atoms. The molecule has 24 heavy (non-hydrogen) atoms. The number of nitrogens with zero attached hydrogens (tertiary/aromatic N) is 2. The number of para-hydroxylation sites is 1. The molecule has 0 N–H and O–H groups in total. The Labute approximate surface area is 143 Å². The lowest BCUT2D eigenvalue weighted by Crippen LogP contribution is -2.23. The molecule has 0 bridgehead atoms. The van der Waals surface area contributed by atoms with Gasteiger partial charge in [-0.15, -0.1) is 0 Å². The Balaban J connectivity index is 1.54. The Morgan fingerprint density at radius 2 is 1.92 bits per heavy atom. The highest BCUT2D eigenvalue weighted by Gasteiger charge is 2.27. The number of hydrogen-bond acceptors (Lipinski definition) is 2. The monoisotopic (exact) mass is 318 g/mol. The molecular formula is C21H22N2O. The fourth-order valence-corrected chi connectivity index (χ4v) is 3.34. The van der Waals surface area contributed by atoms with Gasteiger partial charge in [-0.1, -0.05) is 48.0 Å². The summed E-state index contributed by atoms with van der Waals surface area (Å²) in [6.45, 7) is 4.81. The Kier molecular flexibility index (Phi) is 4.20. The summed E-state index contributed by atoms with van der Waals surface area (Å²) in [5.74, 6) is 0. The summed E-state index contributed by atoms with van der Waals surface area (Å²) in [5.41, 5.74) is 5.03. The zero-order valence-corrected chi connectivity index (χ0v) is 13.9. The molecule has 1 aliphatic heterocycles. The van der Waals surface area contributed by atoms with Crippen molar-refractivity contribution in [2.24, 2.45) is 0 Å². The van der Waals surface area contributed by atoms with Gasteiger partial charge >= 0.3 is 0 Å². The molecule has 1 fully saturated rings. The van der Waals surface area contributed by atoms with E-state index in [9.17, 15) is 0 Å². The Morgan fingerprint density at radius 3 is 2.75 bits per heavy atom. The number of benzene rings is 2. The van der Waals surface area contributed by atoms with Crippen LogP contribution in [0.25, 0.3) is 5.69 Å². The molecule has 1 aliphatic rings. The lowest BCUT2D eigenvalue weighted by molar-refractivity contribution is 0.0288. The van der Waals surface area contributed by atoms with E-state index in [1.54, 1.807) is 0 Å². The van der Waals surface area contributed by atoms with Crippen LogP contribution in [0, 0.1) is 6.92 Å². The predicted octanol–water partition coefficient (Wildman–Crippen LogP) is 4.32. The van der Waals surface area contributed by atoms with Gasteiger partial charge in [-0.3, -0.25) is 4.90 Å². The molecule has 3 nitrogen and oxygen atoms in total. The van der Waals surface area contributed by atoms with Gasteiger partial charge in [0.15, 0.2) is 0 Å². The van der Waals surface area contributed by atoms with Crippen LogP contribution in [0.2, 0.25) is 0 Å². The van der Waals surface area contributed by atoms with Crippen LogP contribution in [0.15, 0.2) is 73.1 Å². The maximum atomic E-state index is 6.02. The van der Waals surface area contributed by atoms with Crippen molar-refractivity contribution >= 4 is 0 Å². The quantitative estimate of drug-likeness (QED) is 0.713. The minimum absolute atomic E-state index is 0.0375. The smallest absolute Gasteiger partial charge is 0.138 e. The van der Waals surface area contributed by atoms with E-state index in [4.69, 9.17) is 4.74 Å². The van der Waals surface area contributed by atoms with Crippen molar-refractivity contribution in [1.29, 1.82) is 0 Å². The van der Waals surface area contributed by atoms with Crippen LogP contribution < -0.4 is 0 Å². The van der Waals surface area contributed by atoms with Crippen molar-refractivity contribution in [2.75, 3.05) is 13.2 Å². The average Bonchev–Trinajstić information content (AvgIpc) is 3.25. The van der Waals surface area contributed by atoms with Crippen molar-refractivity contribution in [2.45, 2.75) is 19.7 Å². The van der Waals surface area contributed by atoms with Crippen molar-refractivity contribution in [3.8, 4) is 5.69 Å². The molecule has 1 saturated heterocycles. The molecule has 0 saturated carbocycles. The van der Waals surface area contributed by atoms with Crippen LogP contribution >= 0.6 is 0 Å². The third-order valence-corrected chi connectivity index (χ3v) is 4.51. The first-order chi connectivity index (χ1) is 11.8. The lowest BCUT2D eigenvalue weighted by Gasteiger charge is -2.22. The normalized spacial score (nSPS) is 18.1. The molecule has 0 amide bonds. The summed E-state index contributed by atoms with van der Waals surface area (Å²) in [7, 11) is 0. The Hall–Kier alpha value is -2.36. The lowest BCUT2D eigenvalue weighted by atomic mass is 10.1. The molecule has 1 unspecified atom stereocenters. The number of rotatable bonds is 4. The Morgan fingerprint density at radius 1 is 1.04 bits per heavy atom.